The second-order valence-corrected chi connectivity index (χ2v) is 5.22. The number of anilines is 1. The Morgan fingerprint density at radius 3 is 2.62 bits per heavy atom. The number of benzene rings is 1. The van der Waals surface area contributed by atoms with Crippen molar-refractivity contribution in [3.05, 3.63) is 55.4 Å². The minimum absolute atomic E-state index is 0.0309. The molecule has 1 amide bonds. The number of aromatic carboxylic acids is 1. The Balaban J connectivity index is 2.27. The molecule has 2 rings (SSSR count). The maximum atomic E-state index is 11.9. The number of carbonyl (C=O) groups excluding carboxylic acids is 1. The zero-order valence-electron chi connectivity index (χ0n) is 10.3. The van der Waals surface area contributed by atoms with Crippen LogP contribution in [0.15, 0.2) is 30.5 Å². The number of hydrogen-bond donors (Lipinski definition) is 3. The van der Waals surface area contributed by atoms with Crippen molar-refractivity contribution in [2.45, 2.75) is 0 Å². The van der Waals surface area contributed by atoms with Gasteiger partial charge in [-0.3, -0.25) is 14.9 Å². The van der Waals surface area contributed by atoms with Crippen molar-refractivity contribution in [2.24, 2.45) is 0 Å². The number of carboxylic acid groups (broad SMARTS) is 1. The van der Waals surface area contributed by atoms with Gasteiger partial charge in [-0.15, -0.1) is 0 Å². The van der Waals surface area contributed by atoms with Gasteiger partial charge in [-0.1, -0.05) is 0 Å². The van der Waals surface area contributed by atoms with Gasteiger partial charge >= 0.3 is 5.97 Å². The van der Waals surface area contributed by atoms with Gasteiger partial charge in [0.2, 0.25) is 0 Å². The Kier molecular flexibility index (Phi) is 4.21. The van der Waals surface area contributed by atoms with Gasteiger partial charge in [0.1, 0.15) is 5.69 Å². The van der Waals surface area contributed by atoms with E-state index in [2.05, 4.69) is 10.3 Å². The molecule has 0 unspecified atom stereocenters. The number of nitrogens with one attached hydrogen (secondary N) is 2. The van der Waals surface area contributed by atoms with Gasteiger partial charge in [0, 0.05) is 9.64 Å². The van der Waals surface area contributed by atoms with Crippen LogP contribution in [0.2, 0.25) is 0 Å². The summed E-state index contributed by atoms with van der Waals surface area (Å²) >= 11 is 1.95. The minimum atomic E-state index is -1.18. The molecular weight excluding hydrogens is 393 g/mol. The van der Waals surface area contributed by atoms with Crippen molar-refractivity contribution in [3.63, 3.8) is 0 Å². The lowest BCUT2D eigenvalue weighted by Crippen LogP contribution is -2.15. The molecule has 0 aliphatic heterocycles. The molecule has 0 aliphatic carbocycles. The van der Waals surface area contributed by atoms with Crippen molar-refractivity contribution < 1.29 is 19.6 Å². The summed E-state index contributed by atoms with van der Waals surface area (Å²) < 4.78 is 0.707. The second-order valence-electron chi connectivity index (χ2n) is 3.98. The predicted molar refractivity (Wildman–Crippen MR) is 81.5 cm³/mol. The lowest BCUT2D eigenvalue weighted by molar-refractivity contribution is -0.384. The van der Waals surface area contributed by atoms with Gasteiger partial charge in [-0.05, 0) is 40.8 Å². The van der Waals surface area contributed by atoms with Crippen molar-refractivity contribution >= 4 is 45.8 Å². The molecule has 108 valence electrons. The number of hydrogen-bond acceptors (Lipinski definition) is 4. The van der Waals surface area contributed by atoms with Crippen LogP contribution in [-0.4, -0.2) is 26.9 Å². The predicted octanol–water partition coefficient (Wildman–Crippen LogP) is 2.48. The fraction of sp³-hybridized carbons (Fsp3) is 0. The molecule has 2 aromatic rings. The van der Waals surface area contributed by atoms with E-state index in [0.29, 0.717) is 3.57 Å². The largest absolute Gasteiger partial charge is 0.478 e. The smallest absolute Gasteiger partial charge is 0.337 e. The van der Waals surface area contributed by atoms with E-state index in [1.165, 1.54) is 12.1 Å². The molecule has 1 heterocycles. The molecule has 9 heteroatoms. The van der Waals surface area contributed by atoms with Crippen LogP contribution in [0.3, 0.4) is 0 Å². The summed E-state index contributed by atoms with van der Waals surface area (Å²) in [5.41, 5.74) is -0.223. The molecule has 0 saturated heterocycles. The molecular formula is C12H8IN3O5. The molecule has 0 bridgehead atoms. The van der Waals surface area contributed by atoms with Crippen molar-refractivity contribution in [2.75, 3.05) is 5.32 Å². The number of carbonyl (C=O) groups is 2. The summed E-state index contributed by atoms with van der Waals surface area (Å²) in [5.74, 6) is -1.84. The number of nitro groups is 1. The lowest BCUT2D eigenvalue weighted by Gasteiger charge is -2.07. The van der Waals surface area contributed by atoms with Crippen LogP contribution in [0, 0.1) is 13.7 Å². The first-order valence-corrected chi connectivity index (χ1v) is 6.63. The summed E-state index contributed by atoms with van der Waals surface area (Å²) in [4.78, 5) is 35.5. The molecule has 0 atom stereocenters. The first kappa shape index (κ1) is 15.0. The molecule has 0 spiro atoms. The van der Waals surface area contributed by atoms with E-state index >= 15 is 0 Å². The normalized spacial score (nSPS) is 10.1. The average Bonchev–Trinajstić information content (AvgIpc) is 2.90. The van der Waals surface area contributed by atoms with Crippen LogP contribution in [0.5, 0.6) is 0 Å². The number of rotatable bonds is 4. The molecule has 0 radical (unpaired) electrons. The highest BCUT2D eigenvalue weighted by Crippen LogP contribution is 2.20. The summed E-state index contributed by atoms with van der Waals surface area (Å²) in [6.45, 7) is 0. The van der Waals surface area contributed by atoms with Crippen LogP contribution in [0.25, 0.3) is 0 Å². The summed E-state index contributed by atoms with van der Waals surface area (Å²) in [7, 11) is 0. The third-order valence-corrected chi connectivity index (χ3v) is 3.25. The quantitative estimate of drug-likeness (QED) is 0.412. The SMILES string of the molecule is O=C(Nc1ccc(I)cc1C(=O)O)c1cc([N+](=O)[O-])c[nH]1. The van der Waals surface area contributed by atoms with Gasteiger partial charge in [-0.25, -0.2) is 4.79 Å². The highest BCUT2D eigenvalue weighted by atomic mass is 127. The van der Waals surface area contributed by atoms with Gasteiger partial charge < -0.3 is 15.4 Å². The third kappa shape index (κ3) is 3.37. The lowest BCUT2D eigenvalue weighted by atomic mass is 10.2. The fourth-order valence-electron chi connectivity index (χ4n) is 1.61. The Morgan fingerprint density at radius 1 is 1.33 bits per heavy atom. The average molecular weight is 401 g/mol. The zero-order valence-corrected chi connectivity index (χ0v) is 12.4. The molecule has 0 fully saturated rings. The van der Waals surface area contributed by atoms with Crippen LogP contribution >= 0.6 is 22.6 Å². The van der Waals surface area contributed by atoms with Crippen molar-refractivity contribution in [1.82, 2.24) is 4.98 Å². The molecule has 0 aliphatic rings. The van der Waals surface area contributed by atoms with Gasteiger partial charge in [0.05, 0.1) is 22.4 Å². The molecule has 1 aromatic carbocycles. The molecule has 8 nitrogen and oxygen atoms in total. The molecule has 0 saturated carbocycles. The van der Waals surface area contributed by atoms with Gasteiger partial charge in [-0.2, -0.15) is 0 Å². The zero-order chi connectivity index (χ0) is 15.6. The van der Waals surface area contributed by atoms with E-state index in [0.717, 1.165) is 12.3 Å². The van der Waals surface area contributed by atoms with Crippen LogP contribution < -0.4 is 5.32 Å². The monoisotopic (exact) mass is 401 g/mol. The van der Waals surface area contributed by atoms with E-state index < -0.39 is 16.8 Å². The van der Waals surface area contributed by atoms with Crippen LogP contribution in [-0.2, 0) is 0 Å². The van der Waals surface area contributed by atoms with Gasteiger partial charge in [0.15, 0.2) is 0 Å². The first-order chi connectivity index (χ1) is 9.88. The first-order valence-electron chi connectivity index (χ1n) is 5.55. The van der Waals surface area contributed by atoms with Crippen LogP contribution in [0.4, 0.5) is 11.4 Å². The molecule has 3 N–H and O–H groups in total. The van der Waals surface area contributed by atoms with Crippen molar-refractivity contribution in [3.8, 4) is 0 Å². The Hall–Kier alpha value is -2.43. The van der Waals surface area contributed by atoms with E-state index in [-0.39, 0.29) is 22.6 Å². The third-order valence-electron chi connectivity index (χ3n) is 2.58. The summed E-state index contributed by atoms with van der Waals surface area (Å²) in [5, 5.41) is 22.1. The number of nitrogens with zero attached hydrogens (tertiary/aromatic N) is 1. The number of H-pyrrole nitrogens is 1. The number of aromatic nitrogens is 1. The van der Waals surface area contributed by atoms with Crippen LogP contribution in [0.1, 0.15) is 20.8 Å². The molecule has 1 aromatic heterocycles. The van der Waals surface area contributed by atoms with Crippen molar-refractivity contribution in [1.29, 1.82) is 0 Å². The standard InChI is InChI=1S/C12H8IN3O5/c13-6-1-2-9(8(3-6)12(18)19)15-11(17)10-4-7(5-14-10)16(20)21/h1-5,14H,(H,15,17)(H,18,19). The highest BCUT2D eigenvalue weighted by molar-refractivity contribution is 14.1. The number of carboxylic acids is 1. The maximum absolute atomic E-state index is 11.9. The minimum Gasteiger partial charge on any atom is -0.478 e. The van der Waals surface area contributed by atoms with Gasteiger partial charge in [0.25, 0.3) is 11.6 Å². The van der Waals surface area contributed by atoms with E-state index in [1.54, 1.807) is 6.07 Å². The number of aromatic amines is 1. The summed E-state index contributed by atoms with van der Waals surface area (Å²) in [6.07, 6.45) is 1.08. The molecule has 21 heavy (non-hydrogen) atoms. The Labute approximate surface area is 131 Å². The Morgan fingerprint density at radius 2 is 2.05 bits per heavy atom. The maximum Gasteiger partial charge on any atom is 0.337 e. The topological polar surface area (TPSA) is 125 Å². The second kappa shape index (κ2) is 5.91. The van der Waals surface area contributed by atoms with E-state index in [9.17, 15) is 19.7 Å². The number of amides is 1. The summed E-state index contributed by atoms with van der Waals surface area (Å²) in [6, 6.07) is 5.58. The fourth-order valence-corrected chi connectivity index (χ4v) is 2.10. The van der Waals surface area contributed by atoms with E-state index in [1.807, 2.05) is 22.6 Å². The number of halogens is 1. The van der Waals surface area contributed by atoms with E-state index in [4.69, 9.17) is 5.11 Å². The highest BCUT2D eigenvalue weighted by Gasteiger charge is 2.17. The Bertz CT molecular complexity index is 740.